The molecule has 4 aromatic carbocycles. The first-order valence-corrected chi connectivity index (χ1v) is 14.4. The minimum atomic E-state index is -0.970. The SMILES string of the molecule is COC(=O)C1C(c2ccccc2)C(C(=O)NCCc2ccccc2)N(C(=O)c2ccccc2Br)C1c1ccccc1. The maximum absolute atomic E-state index is 14.5. The highest BCUT2D eigenvalue weighted by molar-refractivity contribution is 9.10. The highest BCUT2D eigenvalue weighted by Gasteiger charge is 2.58. The molecule has 0 saturated carbocycles. The van der Waals surface area contributed by atoms with Crippen LogP contribution in [0.2, 0.25) is 0 Å². The molecule has 0 bridgehead atoms. The van der Waals surface area contributed by atoms with Crippen LogP contribution in [0, 0.1) is 5.92 Å². The summed E-state index contributed by atoms with van der Waals surface area (Å²) in [7, 11) is 1.35. The number of methoxy groups -OCH3 is 1. The van der Waals surface area contributed by atoms with E-state index >= 15 is 0 Å². The zero-order valence-corrected chi connectivity index (χ0v) is 24.2. The van der Waals surface area contributed by atoms with Crippen LogP contribution in [0.15, 0.2) is 120 Å². The van der Waals surface area contributed by atoms with Crippen molar-refractivity contribution in [1.29, 1.82) is 0 Å². The molecule has 5 rings (SSSR count). The summed E-state index contributed by atoms with van der Waals surface area (Å²) < 4.78 is 5.95. The van der Waals surface area contributed by atoms with E-state index in [-0.39, 0.29) is 11.8 Å². The number of hydrogen-bond acceptors (Lipinski definition) is 4. The number of esters is 1. The van der Waals surface area contributed by atoms with Crippen LogP contribution < -0.4 is 5.32 Å². The third-order valence-corrected chi connectivity index (χ3v) is 8.32. The first-order chi connectivity index (χ1) is 20.0. The number of benzene rings is 4. The van der Waals surface area contributed by atoms with Crippen molar-refractivity contribution in [2.45, 2.75) is 24.4 Å². The molecular weight excluding hydrogens is 580 g/mol. The molecule has 0 aliphatic carbocycles. The minimum Gasteiger partial charge on any atom is -0.469 e. The van der Waals surface area contributed by atoms with Gasteiger partial charge in [-0.1, -0.05) is 103 Å². The second-order valence-electron chi connectivity index (χ2n) is 10.0. The summed E-state index contributed by atoms with van der Waals surface area (Å²) in [4.78, 5) is 43.9. The second kappa shape index (κ2) is 13.0. The number of carbonyl (C=O) groups excluding carboxylic acids is 3. The summed E-state index contributed by atoms with van der Waals surface area (Å²) in [6.45, 7) is 0.386. The van der Waals surface area contributed by atoms with Crippen LogP contribution in [-0.4, -0.2) is 42.4 Å². The van der Waals surface area contributed by atoms with Gasteiger partial charge in [0, 0.05) is 16.9 Å². The van der Waals surface area contributed by atoms with Gasteiger partial charge in [0.15, 0.2) is 0 Å². The van der Waals surface area contributed by atoms with Crippen molar-refractivity contribution in [3.8, 4) is 0 Å². The summed E-state index contributed by atoms with van der Waals surface area (Å²) in [5.41, 5.74) is 3.04. The molecule has 1 saturated heterocycles. The van der Waals surface area contributed by atoms with E-state index in [1.54, 1.807) is 23.1 Å². The molecule has 4 aromatic rings. The monoisotopic (exact) mass is 610 g/mol. The van der Waals surface area contributed by atoms with Crippen LogP contribution in [0.25, 0.3) is 0 Å². The Bertz CT molecular complexity index is 1500. The van der Waals surface area contributed by atoms with E-state index in [2.05, 4.69) is 21.2 Å². The normalized spacial score (nSPS) is 19.9. The van der Waals surface area contributed by atoms with E-state index in [0.717, 1.165) is 16.7 Å². The van der Waals surface area contributed by atoms with Crippen molar-refractivity contribution in [1.82, 2.24) is 10.2 Å². The Labute approximate surface area is 248 Å². The predicted molar refractivity (Wildman–Crippen MR) is 161 cm³/mol. The average Bonchev–Trinajstić information content (AvgIpc) is 3.38. The summed E-state index contributed by atoms with van der Waals surface area (Å²) in [6, 6.07) is 34.2. The van der Waals surface area contributed by atoms with Gasteiger partial charge in [0.1, 0.15) is 6.04 Å². The van der Waals surface area contributed by atoms with E-state index in [4.69, 9.17) is 4.74 Å². The highest BCUT2D eigenvalue weighted by Crippen LogP contribution is 2.51. The van der Waals surface area contributed by atoms with E-state index in [9.17, 15) is 14.4 Å². The highest BCUT2D eigenvalue weighted by atomic mass is 79.9. The Balaban J connectivity index is 1.64. The Morgan fingerprint density at radius 1 is 0.780 bits per heavy atom. The number of carbonyl (C=O) groups is 3. The molecule has 4 atom stereocenters. The standard InChI is InChI=1S/C34H31BrN2O4/c1-41-34(40)29-28(24-15-7-3-8-16-24)31(32(38)36-22-21-23-13-5-2-6-14-23)37(30(29)25-17-9-4-10-18-25)33(39)26-19-11-12-20-27(26)35/h2-20,28-31H,21-22H2,1H3,(H,36,38). The number of nitrogens with one attached hydrogen (secondary N) is 1. The van der Waals surface area contributed by atoms with Crippen molar-refractivity contribution in [2.24, 2.45) is 5.92 Å². The van der Waals surface area contributed by atoms with Crippen LogP contribution >= 0.6 is 15.9 Å². The molecule has 1 fully saturated rings. The molecule has 7 heteroatoms. The summed E-state index contributed by atoms with van der Waals surface area (Å²) in [6.07, 6.45) is 0.635. The third kappa shape index (κ3) is 5.95. The molecule has 0 radical (unpaired) electrons. The average molecular weight is 612 g/mol. The second-order valence-corrected chi connectivity index (χ2v) is 10.9. The lowest BCUT2D eigenvalue weighted by molar-refractivity contribution is -0.146. The smallest absolute Gasteiger partial charge is 0.311 e. The predicted octanol–water partition coefficient (Wildman–Crippen LogP) is 5.95. The molecule has 6 nitrogen and oxygen atoms in total. The summed E-state index contributed by atoms with van der Waals surface area (Å²) >= 11 is 3.52. The zero-order chi connectivity index (χ0) is 28.8. The van der Waals surface area contributed by atoms with Gasteiger partial charge in [-0.2, -0.15) is 0 Å². The van der Waals surface area contributed by atoms with Gasteiger partial charge in [0.2, 0.25) is 5.91 Å². The molecule has 1 aliphatic rings. The fourth-order valence-electron chi connectivity index (χ4n) is 5.80. The van der Waals surface area contributed by atoms with Crippen molar-refractivity contribution < 1.29 is 19.1 Å². The number of ether oxygens (including phenoxy) is 1. The van der Waals surface area contributed by atoms with Crippen molar-refractivity contribution >= 4 is 33.7 Å². The Morgan fingerprint density at radius 2 is 1.34 bits per heavy atom. The van der Waals surface area contributed by atoms with Gasteiger partial charge >= 0.3 is 5.97 Å². The van der Waals surface area contributed by atoms with Crippen LogP contribution in [0.3, 0.4) is 0 Å². The van der Waals surface area contributed by atoms with Gasteiger partial charge < -0.3 is 15.0 Å². The van der Waals surface area contributed by atoms with E-state index in [1.807, 2.05) is 97.1 Å². The number of hydrogen-bond donors (Lipinski definition) is 1. The van der Waals surface area contributed by atoms with Crippen LogP contribution in [0.5, 0.6) is 0 Å². The topological polar surface area (TPSA) is 75.7 Å². The fourth-order valence-corrected chi connectivity index (χ4v) is 6.26. The van der Waals surface area contributed by atoms with Crippen LogP contribution in [0.1, 0.15) is 39.0 Å². The van der Waals surface area contributed by atoms with Crippen molar-refractivity contribution in [2.75, 3.05) is 13.7 Å². The van der Waals surface area contributed by atoms with Crippen molar-refractivity contribution in [3.63, 3.8) is 0 Å². The number of nitrogens with zero attached hydrogens (tertiary/aromatic N) is 1. The molecule has 4 unspecified atom stereocenters. The Hall–Kier alpha value is -4.23. The number of rotatable bonds is 8. The molecule has 1 N–H and O–H groups in total. The molecule has 0 spiro atoms. The third-order valence-electron chi connectivity index (χ3n) is 7.63. The zero-order valence-electron chi connectivity index (χ0n) is 22.7. The quantitative estimate of drug-likeness (QED) is 0.250. The molecule has 41 heavy (non-hydrogen) atoms. The van der Waals surface area contributed by atoms with Gasteiger partial charge in [-0.25, -0.2) is 0 Å². The van der Waals surface area contributed by atoms with Gasteiger partial charge in [0.05, 0.1) is 24.6 Å². The number of amides is 2. The maximum Gasteiger partial charge on any atom is 0.311 e. The lowest BCUT2D eigenvalue weighted by Gasteiger charge is -2.32. The van der Waals surface area contributed by atoms with Crippen molar-refractivity contribution in [3.05, 3.63) is 142 Å². The Morgan fingerprint density at radius 3 is 1.95 bits per heavy atom. The van der Waals surface area contributed by atoms with Crippen LogP contribution in [-0.2, 0) is 20.7 Å². The molecule has 1 heterocycles. The van der Waals surface area contributed by atoms with Gasteiger partial charge in [-0.15, -0.1) is 0 Å². The van der Waals surface area contributed by atoms with E-state index < -0.39 is 29.9 Å². The summed E-state index contributed by atoms with van der Waals surface area (Å²) in [5, 5.41) is 3.08. The molecule has 2 amide bonds. The summed E-state index contributed by atoms with van der Waals surface area (Å²) in [5.74, 6) is -2.60. The van der Waals surface area contributed by atoms with Crippen LogP contribution in [0.4, 0.5) is 0 Å². The van der Waals surface area contributed by atoms with Gasteiger partial charge in [-0.3, -0.25) is 14.4 Å². The Kier molecular flexibility index (Phi) is 8.95. The number of halogens is 1. The minimum absolute atomic E-state index is 0.317. The molecule has 208 valence electrons. The van der Waals surface area contributed by atoms with E-state index in [0.29, 0.717) is 23.0 Å². The maximum atomic E-state index is 14.5. The first kappa shape index (κ1) is 28.3. The van der Waals surface area contributed by atoms with Gasteiger partial charge in [0.25, 0.3) is 5.91 Å². The largest absolute Gasteiger partial charge is 0.469 e. The number of likely N-dealkylation sites (tertiary alicyclic amines) is 1. The lowest BCUT2D eigenvalue weighted by atomic mass is 9.80. The van der Waals surface area contributed by atoms with Gasteiger partial charge in [-0.05, 0) is 51.2 Å². The molecule has 0 aromatic heterocycles. The lowest BCUT2D eigenvalue weighted by Crippen LogP contribution is -2.49. The fraction of sp³-hybridized carbons (Fsp3) is 0.206. The first-order valence-electron chi connectivity index (χ1n) is 13.6. The molecule has 1 aliphatic heterocycles. The van der Waals surface area contributed by atoms with E-state index in [1.165, 1.54) is 7.11 Å². The molecular formula is C34H31BrN2O4.